The highest BCUT2D eigenvalue weighted by molar-refractivity contribution is 7.10. The van der Waals surface area contributed by atoms with Crippen molar-refractivity contribution in [1.29, 1.82) is 0 Å². The van der Waals surface area contributed by atoms with Crippen LogP contribution in [-0.2, 0) is 9.47 Å². The van der Waals surface area contributed by atoms with E-state index in [-0.39, 0.29) is 18.2 Å². The molecule has 2 amide bonds. The molecule has 2 rings (SSSR count). The van der Waals surface area contributed by atoms with E-state index in [1.165, 1.54) is 0 Å². The molecule has 0 saturated carbocycles. The number of hydrogen-bond donors (Lipinski definition) is 0. The molecule has 1 fully saturated rings. The minimum atomic E-state index is -0.559. The van der Waals surface area contributed by atoms with Crippen molar-refractivity contribution in [3.63, 3.8) is 0 Å². The molecule has 2 heterocycles. The number of hydrogen-bond acceptors (Lipinski definition) is 5. The van der Waals surface area contributed by atoms with Crippen LogP contribution in [-0.4, -0.2) is 58.9 Å². The molecule has 0 spiro atoms. The van der Waals surface area contributed by atoms with Gasteiger partial charge in [-0.15, -0.1) is 11.3 Å². The Labute approximate surface area is 172 Å². The molecule has 28 heavy (non-hydrogen) atoms. The summed E-state index contributed by atoms with van der Waals surface area (Å²) in [5.41, 5.74) is -1.11. The van der Waals surface area contributed by atoms with Crippen molar-refractivity contribution in [2.75, 3.05) is 19.6 Å². The summed E-state index contributed by atoms with van der Waals surface area (Å²) < 4.78 is 11.1. The molecule has 156 valence electrons. The molecule has 1 saturated heterocycles. The fourth-order valence-electron chi connectivity index (χ4n) is 2.84. The van der Waals surface area contributed by atoms with Gasteiger partial charge in [-0.3, -0.25) is 0 Å². The first-order chi connectivity index (χ1) is 12.9. The van der Waals surface area contributed by atoms with Gasteiger partial charge in [0, 0.05) is 24.5 Å². The summed E-state index contributed by atoms with van der Waals surface area (Å²) in [6, 6.07) is 3.88. The van der Waals surface area contributed by atoms with Crippen LogP contribution >= 0.6 is 11.3 Å². The number of rotatable bonds is 3. The molecule has 1 aromatic heterocycles. The molecule has 0 aliphatic carbocycles. The molecule has 6 nitrogen and oxygen atoms in total. The number of carbonyl (C=O) groups is 2. The van der Waals surface area contributed by atoms with Crippen LogP contribution in [0.1, 0.15) is 52.8 Å². The molecule has 0 radical (unpaired) electrons. The SMILES string of the molecule is CC(C)(C)OC(=O)N1CCN(C(=O)OC(C)(C)C)C(CC=Cc2cccs2)C1. The van der Waals surface area contributed by atoms with Gasteiger partial charge < -0.3 is 19.3 Å². The standard InChI is InChI=1S/C21H32N2O4S/c1-20(2,3)26-18(24)22-12-13-23(19(25)27-21(4,5)6)16(15-22)9-7-10-17-11-8-14-28-17/h7-8,10-11,14,16H,9,12-13,15H2,1-6H3. The van der Waals surface area contributed by atoms with Gasteiger partial charge in [0.05, 0.1) is 6.04 Å². The van der Waals surface area contributed by atoms with E-state index >= 15 is 0 Å². The highest BCUT2D eigenvalue weighted by Crippen LogP contribution is 2.21. The van der Waals surface area contributed by atoms with Crippen LogP contribution in [0.5, 0.6) is 0 Å². The van der Waals surface area contributed by atoms with E-state index in [0.29, 0.717) is 26.1 Å². The number of nitrogens with zero attached hydrogens (tertiary/aromatic N) is 2. The Hall–Kier alpha value is -2.02. The zero-order chi connectivity index (χ0) is 20.9. The van der Waals surface area contributed by atoms with Crippen molar-refractivity contribution in [2.45, 2.75) is 65.2 Å². The Morgan fingerprint density at radius 1 is 1.11 bits per heavy atom. The average molecular weight is 409 g/mol. The van der Waals surface area contributed by atoms with E-state index in [2.05, 4.69) is 0 Å². The van der Waals surface area contributed by atoms with Gasteiger partial charge in [0.1, 0.15) is 11.2 Å². The zero-order valence-electron chi connectivity index (χ0n) is 17.7. The van der Waals surface area contributed by atoms with E-state index in [1.54, 1.807) is 21.1 Å². The van der Waals surface area contributed by atoms with Crippen LogP contribution in [0, 0.1) is 0 Å². The number of thiophene rings is 1. The Morgan fingerprint density at radius 3 is 2.32 bits per heavy atom. The lowest BCUT2D eigenvalue weighted by Gasteiger charge is -2.41. The predicted molar refractivity (Wildman–Crippen MR) is 113 cm³/mol. The Balaban J connectivity index is 2.09. The van der Waals surface area contributed by atoms with Crippen LogP contribution in [0.15, 0.2) is 23.6 Å². The minimum Gasteiger partial charge on any atom is -0.444 e. The minimum absolute atomic E-state index is 0.160. The smallest absolute Gasteiger partial charge is 0.410 e. The molecular formula is C21H32N2O4S. The zero-order valence-corrected chi connectivity index (χ0v) is 18.5. The van der Waals surface area contributed by atoms with Crippen molar-refractivity contribution < 1.29 is 19.1 Å². The topological polar surface area (TPSA) is 59.1 Å². The summed E-state index contributed by atoms with van der Waals surface area (Å²) in [6.45, 7) is 12.4. The molecule has 1 aliphatic rings. The van der Waals surface area contributed by atoms with Gasteiger partial charge >= 0.3 is 12.2 Å². The van der Waals surface area contributed by atoms with Crippen LogP contribution in [0.3, 0.4) is 0 Å². The summed E-state index contributed by atoms with van der Waals surface area (Å²) in [5, 5.41) is 2.03. The molecular weight excluding hydrogens is 376 g/mol. The molecule has 0 bridgehead atoms. The maximum absolute atomic E-state index is 12.7. The third-order valence-electron chi connectivity index (χ3n) is 4.00. The quantitative estimate of drug-likeness (QED) is 0.705. The van der Waals surface area contributed by atoms with Crippen molar-refractivity contribution >= 4 is 29.6 Å². The summed E-state index contributed by atoms with van der Waals surface area (Å²) in [5.74, 6) is 0. The van der Waals surface area contributed by atoms with Crippen molar-refractivity contribution in [3.8, 4) is 0 Å². The third-order valence-corrected chi connectivity index (χ3v) is 4.83. The van der Waals surface area contributed by atoms with Crippen LogP contribution in [0.25, 0.3) is 6.08 Å². The molecule has 1 atom stereocenters. The normalized spacial score (nSPS) is 18.4. The second-order valence-electron chi connectivity index (χ2n) is 8.91. The first-order valence-corrected chi connectivity index (χ1v) is 10.5. The summed E-state index contributed by atoms with van der Waals surface area (Å²) in [6.07, 6.45) is 4.04. The highest BCUT2D eigenvalue weighted by Gasteiger charge is 2.35. The van der Waals surface area contributed by atoms with Gasteiger partial charge in [-0.05, 0) is 65.5 Å². The first kappa shape index (κ1) is 22.3. The molecule has 1 aliphatic heterocycles. The molecule has 0 aromatic carbocycles. The summed E-state index contributed by atoms with van der Waals surface area (Å²) in [4.78, 5) is 29.7. The largest absolute Gasteiger partial charge is 0.444 e. The average Bonchev–Trinajstić information content (AvgIpc) is 3.05. The fourth-order valence-corrected chi connectivity index (χ4v) is 3.48. The molecule has 1 unspecified atom stereocenters. The Kier molecular flexibility index (Phi) is 7.15. The van der Waals surface area contributed by atoms with Gasteiger partial charge in [-0.25, -0.2) is 9.59 Å². The van der Waals surface area contributed by atoms with E-state index in [1.807, 2.05) is 71.2 Å². The highest BCUT2D eigenvalue weighted by atomic mass is 32.1. The maximum atomic E-state index is 12.7. The second-order valence-corrected chi connectivity index (χ2v) is 9.89. The number of carbonyl (C=O) groups excluding carboxylic acids is 2. The van der Waals surface area contributed by atoms with Crippen molar-refractivity contribution in [2.24, 2.45) is 0 Å². The first-order valence-electron chi connectivity index (χ1n) is 9.62. The van der Waals surface area contributed by atoms with E-state index < -0.39 is 11.2 Å². The maximum Gasteiger partial charge on any atom is 0.410 e. The van der Waals surface area contributed by atoms with Crippen molar-refractivity contribution in [3.05, 3.63) is 28.5 Å². The molecule has 0 N–H and O–H groups in total. The number of amides is 2. The fraction of sp³-hybridized carbons (Fsp3) is 0.619. The third kappa shape index (κ3) is 7.19. The van der Waals surface area contributed by atoms with Gasteiger partial charge in [0.2, 0.25) is 0 Å². The van der Waals surface area contributed by atoms with Gasteiger partial charge in [0.15, 0.2) is 0 Å². The van der Waals surface area contributed by atoms with Crippen LogP contribution in [0.4, 0.5) is 9.59 Å². The van der Waals surface area contributed by atoms with Crippen molar-refractivity contribution in [1.82, 2.24) is 9.80 Å². The van der Waals surface area contributed by atoms with Crippen LogP contribution in [0.2, 0.25) is 0 Å². The van der Waals surface area contributed by atoms with E-state index in [4.69, 9.17) is 9.47 Å². The summed E-state index contributed by atoms with van der Waals surface area (Å²) >= 11 is 1.66. The number of piperazine rings is 1. The molecule has 7 heteroatoms. The van der Waals surface area contributed by atoms with E-state index in [0.717, 1.165) is 4.88 Å². The molecule has 1 aromatic rings. The van der Waals surface area contributed by atoms with Gasteiger partial charge in [0.25, 0.3) is 0 Å². The summed E-state index contributed by atoms with van der Waals surface area (Å²) in [7, 11) is 0. The van der Waals surface area contributed by atoms with Gasteiger partial charge in [-0.1, -0.05) is 12.1 Å². The Morgan fingerprint density at radius 2 is 1.75 bits per heavy atom. The lowest BCUT2D eigenvalue weighted by molar-refractivity contribution is -0.0142. The predicted octanol–water partition coefficient (Wildman–Crippen LogP) is 5.01. The monoisotopic (exact) mass is 408 g/mol. The number of ether oxygens (including phenoxy) is 2. The second kappa shape index (κ2) is 8.99. The van der Waals surface area contributed by atoms with E-state index in [9.17, 15) is 9.59 Å². The Bertz CT molecular complexity index is 686. The lowest BCUT2D eigenvalue weighted by Crippen LogP contribution is -2.57. The van der Waals surface area contributed by atoms with Crippen LogP contribution < -0.4 is 0 Å². The van der Waals surface area contributed by atoms with Gasteiger partial charge in [-0.2, -0.15) is 0 Å². The lowest BCUT2D eigenvalue weighted by atomic mass is 10.1.